The molecular formula is C22H30N4O2. The van der Waals surface area contributed by atoms with Gasteiger partial charge in [-0.1, -0.05) is 37.3 Å². The van der Waals surface area contributed by atoms with Gasteiger partial charge >= 0.3 is 0 Å². The van der Waals surface area contributed by atoms with Crippen molar-refractivity contribution in [1.82, 2.24) is 19.4 Å². The number of imidazole rings is 1. The largest absolute Gasteiger partial charge is 0.340 e. The number of carbonyl (C=O) groups is 2. The highest BCUT2D eigenvalue weighted by atomic mass is 16.2. The van der Waals surface area contributed by atoms with E-state index in [4.69, 9.17) is 0 Å². The number of hydrogen-bond acceptors (Lipinski definition) is 3. The maximum absolute atomic E-state index is 12.8. The molecule has 0 unspecified atom stereocenters. The molecule has 2 aromatic rings. The molecule has 1 aliphatic heterocycles. The fourth-order valence-electron chi connectivity index (χ4n) is 3.79. The topological polar surface area (TPSA) is 58.4 Å². The summed E-state index contributed by atoms with van der Waals surface area (Å²) < 4.78 is 2.07. The molecule has 0 spiro atoms. The Morgan fingerprint density at radius 2 is 2.04 bits per heavy atom. The van der Waals surface area contributed by atoms with Gasteiger partial charge < -0.3 is 14.4 Å². The smallest absolute Gasteiger partial charge is 0.224 e. The maximum Gasteiger partial charge on any atom is 0.224 e. The number of rotatable bonds is 7. The summed E-state index contributed by atoms with van der Waals surface area (Å²) in [5.41, 5.74) is 1.13. The molecule has 0 aliphatic carbocycles. The third-order valence-corrected chi connectivity index (χ3v) is 5.52. The van der Waals surface area contributed by atoms with Crippen molar-refractivity contribution < 1.29 is 9.59 Å². The molecule has 1 fully saturated rings. The fourth-order valence-corrected chi connectivity index (χ4v) is 3.79. The van der Waals surface area contributed by atoms with Crippen molar-refractivity contribution in [1.29, 1.82) is 0 Å². The van der Waals surface area contributed by atoms with E-state index in [1.165, 1.54) is 0 Å². The number of benzene rings is 1. The summed E-state index contributed by atoms with van der Waals surface area (Å²) in [5, 5.41) is 0. The van der Waals surface area contributed by atoms with E-state index in [0.717, 1.165) is 30.8 Å². The predicted molar refractivity (Wildman–Crippen MR) is 108 cm³/mol. The van der Waals surface area contributed by atoms with Gasteiger partial charge in [-0.25, -0.2) is 4.98 Å². The fraction of sp³-hybridized carbons (Fsp3) is 0.500. The number of nitrogens with zero attached hydrogens (tertiary/aromatic N) is 4. The van der Waals surface area contributed by atoms with Crippen LogP contribution in [0.3, 0.4) is 0 Å². The van der Waals surface area contributed by atoms with E-state index in [-0.39, 0.29) is 17.9 Å². The SMILES string of the molecule is CC[C@H]1CN(C(=O)CCCn2ccnc2C)CCC(=O)N1Cc1ccccc1. The first kappa shape index (κ1) is 20.1. The van der Waals surface area contributed by atoms with E-state index in [0.29, 0.717) is 32.5 Å². The van der Waals surface area contributed by atoms with Gasteiger partial charge in [0.25, 0.3) is 0 Å². The molecule has 3 rings (SSSR count). The molecule has 1 aromatic carbocycles. The van der Waals surface area contributed by atoms with Crippen LogP contribution in [0.1, 0.15) is 44.0 Å². The lowest BCUT2D eigenvalue weighted by Gasteiger charge is -2.31. The first-order chi connectivity index (χ1) is 13.6. The molecule has 1 saturated heterocycles. The summed E-state index contributed by atoms with van der Waals surface area (Å²) in [5.74, 6) is 1.25. The molecule has 6 heteroatoms. The van der Waals surface area contributed by atoms with Gasteiger partial charge in [0.1, 0.15) is 5.82 Å². The first-order valence-electron chi connectivity index (χ1n) is 10.2. The van der Waals surface area contributed by atoms with E-state index < -0.39 is 0 Å². The molecule has 0 saturated carbocycles. The van der Waals surface area contributed by atoms with E-state index in [2.05, 4.69) is 16.5 Å². The van der Waals surface area contributed by atoms with Gasteiger partial charge in [0.05, 0.1) is 0 Å². The van der Waals surface area contributed by atoms with Crippen molar-refractivity contribution in [3.8, 4) is 0 Å². The zero-order valence-corrected chi connectivity index (χ0v) is 16.9. The zero-order chi connectivity index (χ0) is 19.9. The molecule has 0 N–H and O–H groups in total. The third kappa shape index (κ3) is 5.00. The summed E-state index contributed by atoms with van der Waals surface area (Å²) >= 11 is 0. The average molecular weight is 383 g/mol. The van der Waals surface area contributed by atoms with Crippen molar-refractivity contribution in [2.24, 2.45) is 0 Å². The Morgan fingerprint density at radius 3 is 2.71 bits per heavy atom. The summed E-state index contributed by atoms with van der Waals surface area (Å²) in [6.07, 6.45) is 6.25. The van der Waals surface area contributed by atoms with Gasteiger partial charge in [0.2, 0.25) is 11.8 Å². The van der Waals surface area contributed by atoms with Crippen LogP contribution in [-0.4, -0.2) is 50.3 Å². The molecule has 2 amide bonds. The lowest BCUT2D eigenvalue weighted by atomic mass is 10.1. The minimum absolute atomic E-state index is 0.0649. The van der Waals surface area contributed by atoms with E-state index >= 15 is 0 Å². The van der Waals surface area contributed by atoms with E-state index in [1.54, 1.807) is 6.20 Å². The molecule has 1 aromatic heterocycles. The molecule has 150 valence electrons. The Labute approximate surface area is 167 Å². The summed E-state index contributed by atoms with van der Waals surface area (Å²) in [4.78, 5) is 33.6. The van der Waals surface area contributed by atoms with Gasteiger partial charge in [0, 0.05) is 57.5 Å². The van der Waals surface area contributed by atoms with Gasteiger partial charge in [-0.3, -0.25) is 9.59 Å². The molecule has 6 nitrogen and oxygen atoms in total. The average Bonchev–Trinajstić information content (AvgIpc) is 3.04. The van der Waals surface area contributed by atoms with Gasteiger partial charge in [-0.05, 0) is 25.3 Å². The standard InChI is InChI=1S/C22H30N4O2/c1-3-20-17-25(21(27)10-7-13-24-15-12-23-18(24)2)14-11-22(28)26(20)16-19-8-5-4-6-9-19/h4-6,8-9,12,15,20H,3,7,10-11,13-14,16-17H2,1-2H3/t20-/m0/s1. The molecule has 1 atom stereocenters. The Kier molecular flexibility index (Phi) is 6.85. The molecule has 28 heavy (non-hydrogen) atoms. The second kappa shape index (κ2) is 9.53. The van der Waals surface area contributed by atoms with E-state index in [1.807, 2.05) is 53.3 Å². The van der Waals surface area contributed by atoms with Crippen molar-refractivity contribution >= 4 is 11.8 Å². The number of hydrogen-bond donors (Lipinski definition) is 0. The van der Waals surface area contributed by atoms with E-state index in [9.17, 15) is 9.59 Å². The first-order valence-corrected chi connectivity index (χ1v) is 10.2. The van der Waals surface area contributed by atoms with Crippen LogP contribution in [0.5, 0.6) is 0 Å². The van der Waals surface area contributed by atoms with Crippen LogP contribution in [0.25, 0.3) is 0 Å². The van der Waals surface area contributed by atoms with Crippen LogP contribution in [-0.2, 0) is 22.7 Å². The molecule has 0 radical (unpaired) electrons. The summed E-state index contributed by atoms with van der Waals surface area (Å²) in [6, 6.07) is 10.1. The normalized spacial score (nSPS) is 17.6. The Morgan fingerprint density at radius 1 is 1.25 bits per heavy atom. The number of carbonyl (C=O) groups excluding carboxylic acids is 2. The lowest BCUT2D eigenvalue weighted by Crippen LogP contribution is -2.43. The monoisotopic (exact) mass is 382 g/mol. The summed E-state index contributed by atoms with van der Waals surface area (Å²) in [7, 11) is 0. The van der Waals surface area contributed by atoms with Gasteiger partial charge in [0.15, 0.2) is 0 Å². The minimum Gasteiger partial charge on any atom is -0.340 e. The van der Waals surface area contributed by atoms with Crippen LogP contribution < -0.4 is 0 Å². The lowest BCUT2D eigenvalue weighted by molar-refractivity contribution is -0.133. The molecule has 0 bridgehead atoms. The Hall–Kier alpha value is -2.63. The van der Waals surface area contributed by atoms with Crippen molar-refractivity contribution in [3.05, 3.63) is 54.1 Å². The second-order valence-electron chi connectivity index (χ2n) is 7.43. The molecular weight excluding hydrogens is 352 g/mol. The van der Waals surface area contributed by atoms with Crippen molar-refractivity contribution in [3.63, 3.8) is 0 Å². The highest BCUT2D eigenvalue weighted by molar-refractivity contribution is 5.80. The highest BCUT2D eigenvalue weighted by Crippen LogP contribution is 2.18. The Balaban J connectivity index is 1.58. The van der Waals surface area contributed by atoms with Crippen LogP contribution in [0, 0.1) is 6.92 Å². The molecule has 1 aliphatic rings. The Bertz CT molecular complexity index is 787. The maximum atomic E-state index is 12.8. The van der Waals surface area contributed by atoms with Crippen LogP contribution in [0.15, 0.2) is 42.7 Å². The van der Waals surface area contributed by atoms with Crippen LogP contribution in [0.2, 0.25) is 0 Å². The summed E-state index contributed by atoms with van der Waals surface area (Å²) in [6.45, 7) is 6.60. The van der Waals surface area contributed by atoms with Gasteiger partial charge in [-0.2, -0.15) is 0 Å². The second-order valence-corrected chi connectivity index (χ2v) is 7.43. The van der Waals surface area contributed by atoms with Crippen molar-refractivity contribution in [2.45, 2.75) is 58.7 Å². The number of amides is 2. The van der Waals surface area contributed by atoms with Gasteiger partial charge in [-0.15, -0.1) is 0 Å². The van der Waals surface area contributed by atoms with Crippen LogP contribution in [0.4, 0.5) is 0 Å². The predicted octanol–water partition coefficient (Wildman–Crippen LogP) is 3.01. The highest BCUT2D eigenvalue weighted by Gasteiger charge is 2.30. The number of aromatic nitrogens is 2. The van der Waals surface area contributed by atoms with Crippen LogP contribution >= 0.6 is 0 Å². The molecule has 2 heterocycles. The third-order valence-electron chi connectivity index (χ3n) is 5.52. The minimum atomic E-state index is 0.0649. The quantitative estimate of drug-likeness (QED) is 0.740. The number of aryl methyl sites for hydroxylation is 2. The van der Waals surface area contributed by atoms with Crippen molar-refractivity contribution in [2.75, 3.05) is 13.1 Å². The zero-order valence-electron chi connectivity index (χ0n) is 16.9.